The highest BCUT2D eigenvalue weighted by molar-refractivity contribution is 6.04. The SMILES string of the molecule is COc1cc(NC(=O)/C=C/c2cncc(F)c2)ccc1NC(=O)/C=C/c1cncc(F)c1. The Kier molecular flexibility index (Phi) is 7.37. The first-order chi connectivity index (χ1) is 15.4. The van der Waals surface area contributed by atoms with Crippen LogP contribution in [0.5, 0.6) is 5.75 Å². The maximum Gasteiger partial charge on any atom is 0.248 e. The van der Waals surface area contributed by atoms with Crippen LogP contribution < -0.4 is 15.4 Å². The first kappa shape index (κ1) is 22.3. The van der Waals surface area contributed by atoms with Gasteiger partial charge in [-0.15, -0.1) is 0 Å². The number of anilines is 2. The molecule has 32 heavy (non-hydrogen) atoms. The van der Waals surface area contributed by atoms with E-state index in [2.05, 4.69) is 20.6 Å². The van der Waals surface area contributed by atoms with Gasteiger partial charge in [-0.1, -0.05) is 0 Å². The van der Waals surface area contributed by atoms with Crippen LogP contribution in [0.15, 0.2) is 67.3 Å². The van der Waals surface area contributed by atoms with E-state index in [1.807, 2.05) is 0 Å². The van der Waals surface area contributed by atoms with Crippen LogP contribution in [0.2, 0.25) is 0 Å². The molecule has 2 aromatic heterocycles. The number of hydrogen-bond acceptors (Lipinski definition) is 5. The van der Waals surface area contributed by atoms with E-state index in [1.165, 1.54) is 62.0 Å². The zero-order valence-electron chi connectivity index (χ0n) is 16.9. The Morgan fingerprint density at radius 1 is 0.844 bits per heavy atom. The largest absolute Gasteiger partial charge is 0.494 e. The molecule has 3 rings (SSSR count). The van der Waals surface area contributed by atoms with Crippen LogP contribution >= 0.6 is 0 Å². The molecule has 3 aromatic rings. The standard InChI is InChI=1S/C23H18F2N4O3/c1-32-21-10-19(28-22(30)6-2-15-8-17(24)13-26-11-15)4-5-20(21)29-23(31)7-3-16-9-18(25)14-27-12-16/h2-14H,1H3,(H,28,30)(H,29,31)/b6-2+,7-3+. The molecule has 0 atom stereocenters. The number of nitrogens with zero attached hydrogens (tertiary/aromatic N) is 2. The first-order valence-electron chi connectivity index (χ1n) is 9.30. The monoisotopic (exact) mass is 436 g/mol. The predicted molar refractivity (Wildman–Crippen MR) is 117 cm³/mol. The Bertz CT molecular complexity index is 1200. The summed E-state index contributed by atoms with van der Waals surface area (Å²) in [4.78, 5) is 31.7. The summed E-state index contributed by atoms with van der Waals surface area (Å²) in [7, 11) is 1.42. The average Bonchev–Trinajstić information content (AvgIpc) is 2.77. The summed E-state index contributed by atoms with van der Waals surface area (Å²) in [5.74, 6) is -1.60. The number of hydrogen-bond donors (Lipinski definition) is 2. The van der Waals surface area contributed by atoms with E-state index in [0.717, 1.165) is 12.4 Å². The van der Waals surface area contributed by atoms with Gasteiger partial charge in [0.2, 0.25) is 11.8 Å². The third-order valence-corrected chi connectivity index (χ3v) is 4.03. The van der Waals surface area contributed by atoms with Gasteiger partial charge >= 0.3 is 0 Å². The van der Waals surface area contributed by atoms with Gasteiger partial charge < -0.3 is 15.4 Å². The lowest BCUT2D eigenvalue weighted by Crippen LogP contribution is -2.11. The van der Waals surface area contributed by atoms with Gasteiger partial charge in [-0.05, 0) is 47.5 Å². The Balaban J connectivity index is 1.63. The molecule has 7 nitrogen and oxygen atoms in total. The second-order valence-corrected chi connectivity index (χ2v) is 6.43. The molecule has 0 spiro atoms. The van der Waals surface area contributed by atoms with Gasteiger partial charge in [0.1, 0.15) is 17.4 Å². The van der Waals surface area contributed by atoms with E-state index in [-0.39, 0.29) is 0 Å². The molecule has 0 bridgehead atoms. The number of aromatic nitrogens is 2. The zero-order valence-corrected chi connectivity index (χ0v) is 16.9. The maximum atomic E-state index is 13.2. The number of pyridine rings is 2. The number of nitrogens with one attached hydrogen (secondary N) is 2. The van der Waals surface area contributed by atoms with E-state index < -0.39 is 23.4 Å². The number of benzene rings is 1. The van der Waals surface area contributed by atoms with Crippen LogP contribution in [-0.2, 0) is 9.59 Å². The van der Waals surface area contributed by atoms with Crippen molar-refractivity contribution in [2.45, 2.75) is 0 Å². The van der Waals surface area contributed by atoms with Crippen molar-refractivity contribution < 1.29 is 23.1 Å². The number of carbonyl (C=O) groups excluding carboxylic acids is 2. The lowest BCUT2D eigenvalue weighted by atomic mass is 10.2. The topological polar surface area (TPSA) is 93.2 Å². The van der Waals surface area contributed by atoms with Crippen LogP contribution in [0.3, 0.4) is 0 Å². The Labute approximate surface area is 182 Å². The highest BCUT2D eigenvalue weighted by Gasteiger charge is 2.08. The van der Waals surface area contributed by atoms with Gasteiger partial charge in [0.05, 0.1) is 25.2 Å². The normalized spacial score (nSPS) is 11.0. The van der Waals surface area contributed by atoms with E-state index in [4.69, 9.17) is 4.74 Å². The predicted octanol–water partition coefficient (Wildman–Crippen LogP) is 4.07. The van der Waals surface area contributed by atoms with Crippen molar-refractivity contribution in [2.75, 3.05) is 17.7 Å². The fourth-order valence-corrected chi connectivity index (χ4v) is 2.61. The molecule has 162 valence electrons. The van der Waals surface area contributed by atoms with Crippen molar-refractivity contribution in [2.24, 2.45) is 0 Å². The quantitative estimate of drug-likeness (QED) is 0.545. The van der Waals surface area contributed by atoms with Gasteiger partial charge in [-0.3, -0.25) is 19.6 Å². The number of halogens is 2. The van der Waals surface area contributed by atoms with Gasteiger partial charge in [-0.2, -0.15) is 0 Å². The summed E-state index contributed by atoms with van der Waals surface area (Å²) in [6.45, 7) is 0. The summed E-state index contributed by atoms with van der Waals surface area (Å²) >= 11 is 0. The molecule has 0 aliphatic heterocycles. The highest BCUT2D eigenvalue weighted by atomic mass is 19.1. The molecular weight excluding hydrogens is 418 g/mol. The minimum absolute atomic E-state index is 0.315. The van der Waals surface area contributed by atoms with Crippen molar-refractivity contribution >= 4 is 35.3 Å². The lowest BCUT2D eigenvalue weighted by Gasteiger charge is -2.11. The Hall–Kier alpha value is -4.40. The Morgan fingerprint density at radius 2 is 1.41 bits per heavy atom. The molecule has 0 aliphatic carbocycles. The van der Waals surface area contributed by atoms with Crippen molar-refractivity contribution in [3.05, 3.63) is 90.0 Å². The summed E-state index contributed by atoms with van der Waals surface area (Å²) in [5.41, 5.74) is 1.68. The summed E-state index contributed by atoms with van der Waals surface area (Å²) in [5, 5.41) is 5.29. The van der Waals surface area contributed by atoms with Crippen molar-refractivity contribution in [1.82, 2.24) is 9.97 Å². The molecule has 2 amide bonds. The van der Waals surface area contributed by atoms with Gasteiger partial charge in [0, 0.05) is 36.3 Å². The van der Waals surface area contributed by atoms with Crippen LogP contribution in [-0.4, -0.2) is 28.9 Å². The summed E-state index contributed by atoms with van der Waals surface area (Å²) in [6.07, 6.45) is 10.3. The first-order valence-corrected chi connectivity index (χ1v) is 9.30. The van der Waals surface area contributed by atoms with Crippen molar-refractivity contribution in [1.29, 1.82) is 0 Å². The van der Waals surface area contributed by atoms with Crippen molar-refractivity contribution in [3.63, 3.8) is 0 Å². The smallest absolute Gasteiger partial charge is 0.248 e. The van der Waals surface area contributed by atoms with Crippen molar-refractivity contribution in [3.8, 4) is 5.75 Å². The number of amides is 2. The molecular formula is C23H18F2N4O3. The molecule has 0 aliphatic rings. The van der Waals surface area contributed by atoms with Gasteiger partial charge in [0.15, 0.2) is 0 Å². The van der Waals surface area contributed by atoms with Crippen LogP contribution in [0.4, 0.5) is 20.2 Å². The third kappa shape index (κ3) is 6.56. The molecule has 1 aromatic carbocycles. The molecule has 0 radical (unpaired) electrons. The molecule has 2 N–H and O–H groups in total. The zero-order chi connectivity index (χ0) is 22.9. The fourth-order valence-electron chi connectivity index (χ4n) is 2.61. The molecule has 0 saturated heterocycles. The number of ether oxygens (including phenoxy) is 1. The van der Waals surface area contributed by atoms with Crippen LogP contribution in [0.25, 0.3) is 12.2 Å². The third-order valence-electron chi connectivity index (χ3n) is 4.03. The minimum atomic E-state index is -0.505. The van der Waals surface area contributed by atoms with Crippen LogP contribution in [0, 0.1) is 11.6 Å². The summed E-state index contributed by atoms with van der Waals surface area (Å²) in [6, 6.07) is 7.16. The van der Waals surface area contributed by atoms with E-state index >= 15 is 0 Å². The maximum absolute atomic E-state index is 13.2. The second kappa shape index (κ2) is 10.6. The van der Waals surface area contributed by atoms with Gasteiger partial charge in [-0.25, -0.2) is 8.78 Å². The molecule has 0 unspecified atom stereocenters. The molecule has 0 fully saturated rings. The fraction of sp³-hybridized carbons (Fsp3) is 0.0435. The molecule has 2 heterocycles. The van der Waals surface area contributed by atoms with E-state index in [0.29, 0.717) is 28.3 Å². The number of rotatable bonds is 7. The second-order valence-electron chi connectivity index (χ2n) is 6.43. The molecule has 9 heteroatoms. The van der Waals surface area contributed by atoms with E-state index in [9.17, 15) is 18.4 Å². The Morgan fingerprint density at radius 3 is 1.94 bits per heavy atom. The van der Waals surface area contributed by atoms with E-state index in [1.54, 1.807) is 12.1 Å². The van der Waals surface area contributed by atoms with Crippen LogP contribution in [0.1, 0.15) is 11.1 Å². The highest BCUT2D eigenvalue weighted by Crippen LogP contribution is 2.28. The average molecular weight is 436 g/mol. The summed E-state index contributed by atoms with van der Waals surface area (Å²) < 4.78 is 31.6. The van der Waals surface area contributed by atoms with Gasteiger partial charge in [0.25, 0.3) is 0 Å². The number of carbonyl (C=O) groups is 2. The number of methoxy groups -OCH3 is 1. The minimum Gasteiger partial charge on any atom is -0.494 e. The molecule has 0 saturated carbocycles. The lowest BCUT2D eigenvalue weighted by molar-refractivity contribution is -0.112.